The molecule has 1 aromatic heterocycles. The van der Waals surface area contributed by atoms with Gasteiger partial charge in [0.25, 0.3) is 0 Å². The van der Waals surface area contributed by atoms with Crippen molar-refractivity contribution in [3.8, 4) is 23.4 Å². The van der Waals surface area contributed by atoms with E-state index in [9.17, 15) is 5.26 Å². The Balaban J connectivity index is 2.33. The summed E-state index contributed by atoms with van der Waals surface area (Å²) in [6.45, 7) is 4.45. The Morgan fingerprint density at radius 1 is 1.30 bits per heavy atom. The van der Waals surface area contributed by atoms with Gasteiger partial charge in [-0.05, 0) is 25.5 Å². The van der Waals surface area contributed by atoms with Gasteiger partial charge in [-0.25, -0.2) is 4.68 Å². The molecule has 0 unspecified atom stereocenters. The van der Waals surface area contributed by atoms with Gasteiger partial charge >= 0.3 is 0 Å². The van der Waals surface area contributed by atoms with Crippen LogP contribution in [-0.4, -0.2) is 16.4 Å². The van der Waals surface area contributed by atoms with Gasteiger partial charge in [0.1, 0.15) is 11.6 Å². The van der Waals surface area contributed by atoms with Gasteiger partial charge < -0.3 is 9.47 Å². The Bertz CT molecular complexity index is 641. The molecular weight excluding hydrogens is 254 g/mol. The molecule has 2 aromatic rings. The topological polar surface area (TPSA) is 60.1 Å². The molecule has 0 aliphatic carbocycles. The summed E-state index contributed by atoms with van der Waals surface area (Å²) in [7, 11) is 1.75. The number of para-hydroxylation sites is 2. The summed E-state index contributed by atoms with van der Waals surface area (Å²) in [6.07, 6.45) is 0.919. The second kappa shape index (κ2) is 6.11. The Labute approximate surface area is 118 Å². The van der Waals surface area contributed by atoms with Gasteiger partial charge in [0.05, 0.1) is 12.3 Å². The number of benzene rings is 1. The highest BCUT2D eigenvalue weighted by molar-refractivity contribution is 5.47. The molecule has 0 saturated carbocycles. The zero-order chi connectivity index (χ0) is 14.5. The fraction of sp³-hybridized carbons (Fsp3) is 0.333. The first-order valence-corrected chi connectivity index (χ1v) is 6.50. The highest BCUT2D eigenvalue weighted by Crippen LogP contribution is 2.33. The molecule has 0 amide bonds. The third-order valence-electron chi connectivity index (χ3n) is 2.80. The lowest BCUT2D eigenvalue weighted by molar-refractivity contribution is 0.298. The summed E-state index contributed by atoms with van der Waals surface area (Å²) in [5, 5.41) is 13.4. The lowest BCUT2D eigenvalue weighted by Crippen LogP contribution is -2.00. The second-order valence-electron chi connectivity index (χ2n) is 4.40. The number of aromatic nitrogens is 2. The van der Waals surface area contributed by atoms with E-state index in [1.54, 1.807) is 18.7 Å². The van der Waals surface area contributed by atoms with Crippen LogP contribution in [0.15, 0.2) is 24.3 Å². The van der Waals surface area contributed by atoms with Gasteiger partial charge in [-0.2, -0.15) is 10.4 Å². The van der Waals surface area contributed by atoms with Crippen molar-refractivity contribution in [2.75, 3.05) is 6.61 Å². The summed E-state index contributed by atoms with van der Waals surface area (Å²) < 4.78 is 13.0. The lowest BCUT2D eigenvalue weighted by Gasteiger charge is -2.11. The summed E-state index contributed by atoms with van der Waals surface area (Å²) in [4.78, 5) is 0. The molecule has 0 radical (unpaired) electrons. The number of nitriles is 1. The summed E-state index contributed by atoms with van der Waals surface area (Å²) in [6, 6.07) is 9.53. The zero-order valence-electron chi connectivity index (χ0n) is 11.9. The van der Waals surface area contributed by atoms with Gasteiger partial charge in [0.15, 0.2) is 11.5 Å². The van der Waals surface area contributed by atoms with Crippen molar-refractivity contribution >= 4 is 0 Å². The minimum atomic E-state index is 0.428. The zero-order valence-corrected chi connectivity index (χ0v) is 11.9. The molecule has 1 heterocycles. The number of hydrogen-bond acceptors (Lipinski definition) is 4. The van der Waals surface area contributed by atoms with Gasteiger partial charge in [-0.1, -0.05) is 19.1 Å². The van der Waals surface area contributed by atoms with E-state index in [0.717, 1.165) is 6.42 Å². The summed E-state index contributed by atoms with van der Waals surface area (Å²) in [5.41, 5.74) is 1.09. The number of ether oxygens (including phenoxy) is 2. The molecule has 0 atom stereocenters. The maximum atomic E-state index is 9.19. The van der Waals surface area contributed by atoms with Crippen LogP contribution in [0.2, 0.25) is 0 Å². The van der Waals surface area contributed by atoms with Crippen molar-refractivity contribution < 1.29 is 9.47 Å². The van der Waals surface area contributed by atoms with Gasteiger partial charge in [-0.15, -0.1) is 0 Å². The molecule has 0 aliphatic rings. The lowest BCUT2D eigenvalue weighted by atomic mass is 10.3. The molecule has 0 N–H and O–H groups in total. The highest BCUT2D eigenvalue weighted by Gasteiger charge is 2.16. The van der Waals surface area contributed by atoms with E-state index in [4.69, 9.17) is 9.47 Å². The van der Waals surface area contributed by atoms with Crippen molar-refractivity contribution in [3.05, 3.63) is 35.5 Å². The van der Waals surface area contributed by atoms with E-state index in [1.807, 2.05) is 31.2 Å². The number of aryl methyl sites for hydroxylation is 2. The van der Waals surface area contributed by atoms with Crippen LogP contribution in [-0.2, 0) is 7.05 Å². The van der Waals surface area contributed by atoms with Crippen molar-refractivity contribution in [3.63, 3.8) is 0 Å². The van der Waals surface area contributed by atoms with Crippen LogP contribution in [0.3, 0.4) is 0 Å². The van der Waals surface area contributed by atoms with E-state index < -0.39 is 0 Å². The van der Waals surface area contributed by atoms with E-state index in [-0.39, 0.29) is 0 Å². The van der Waals surface area contributed by atoms with Crippen LogP contribution in [0.25, 0.3) is 0 Å². The van der Waals surface area contributed by atoms with Gasteiger partial charge in [0, 0.05) is 7.05 Å². The average molecular weight is 271 g/mol. The van der Waals surface area contributed by atoms with Crippen molar-refractivity contribution in [1.29, 1.82) is 5.26 Å². The molecule has 0 saturated heterocycles. The fourth-order valence-corrected chi connectivity index (χ4v) is 1.85. The van der Waals surface area contributed by atoms with Gasteiger partial charge in [0.2, 0.25) is 5.88 Å². The first-order valence-electron chi connectivity index (χ1n) is 6.50. The Morgan fingerprint density at radius 3 is 2.65 bits per heavy atom. The predicted octanol–water partition coefficient (Wildman–Crippen LogP) is 3.18. The number of rotatable bonds is 5. The fourth-order valence-electron chi connectivity index (χ4n) is 1.85. The molecule has 0 spiro atoms. The van der Waals surface area contributed by atoms with E-state index in [2.05, 4.69) is 11.2 Å². The van der Waals surface area contributed by atoms with E-state index in [1.165, 1.54) is 0 Å². The maximum Gasteiger partial charge on any atom is 0.236 e. The normalized spacial score (nSPS) is 10.1. The first kappa shape index (κ1) is 13.9. The van der Waals surface area contributed by atoms with Crippen LogP contribution in [0.1, 0.15) is 24.6 Å². The van der Waals surface area contributed by atoms with E-state index in [0.29, 0.717) is 35.2 Å². The molecule has 1 aromatic carbocycles. The Morgan fingerprint density at radius 2 is 2.00 bits per heavy atom. The van der Waals surface area contributed by atoms with Crippen molar-refractivity contribution in [2.24, 2.45) is 7.05 Å². The van der Waals surface area contributed by atoms with Crippen molar-refractivity contribution in [2.45, 2.75) is 20.3 Å². The van der Waals surface area contributed by atoms with Crippen LogP contribution in [0.5, 0.6) is 17.4 Å². The second-order valence-corrected chi connectivity index (χ2v) is 4.40. The largest absolute Gasteiger partial charge is 0.490 e. The Hall–Kier alpha value is -2.48. The standard InChI is InChI=1S/C15H17N3O2/c1-4-9-19-13-7-5-6-8-14(13)20-15-12(10-16)11(2)17-18(15)3/h5-8H,4,9H2,1-3H3. The van der Waals surface area contributed by atoms with Crippen LogP contribution >= 0.6 is 0 Å². The molecule has 0 aliphatic heterocycles. The van der Waals surface area contributed by atoms with Crippen LogP contribution in [0.4, 0.5) is 0 Å². The van der Waals surface area contributed by atoms with Crippen molar-refractivity contribution in [1.82, 2.24) is 9.78 Å². The molecule has 0 fully saturated rings. The Kier molecular flexibility index (Phi) is 4.26. The third-order valence-corrected chi connectivity index (χ3v) is 2.80. The number of hydrogen-bond donors (Lipinski definition) is 0. The smallest absolute Gasteiger partial charge is 0.236 e. The highest BCUT2D eigenvalue weighted by atomic mass is 16.5. The molecule has 5 nitrogen and oxygen atoms in total. The summed E-state index contributed by atoms with van der Waals surface area (Å²) in [5.74, 6) is 1.68. The van der Waals surface area contributed by atoms with Crippen LogP contribution < -0.4 is 9.47 Å². The third kappa shape index (κ3) is 2.75. The van der Waals surface area contributed by atoms with Gasteiger partial charge in [-0.3, -0.25) is 0 Å². The predicted molar refractivity (Wildman–Crippen MR) is 75.0 cm³/mol. The molecule has 104 valence electrons. The average Bonchev–Trinajstić information content (AvgIpc) is 2.71. The maximum absolute atomic E-state index is 9.19. The minimum Gasteiger partial charge on any atom is -0.490 e. The minimum absolute atomic E-state index is 0.428. The first-order chi connectivity index (χ1) is 9.67. The number of nitrogens with zero attached hydrogens (tertiary/aromatic N) is 3. The quantitative estimate of drug-likeness (QED) is 0.838. The molecule has 2 rings (SSSR count). The van der Waals surface area contributed by atoms with Crippen LogP contribution in [0, 0.1) is 18.3 Å². The molecule has 20 heavy (non-hydrogen) atoms. The molecule has 5 heteroatoms. The van der Waals surface area contributed by atoms with E-state index >= 15 is 0 Å². The molecule has 0 bridgehead atoms. The SMILES string of the molecule is CCCOc1ccccc1Oc1c(C#N)c(C)nn1C. The molecular formula is C15H17N3O2. The summed E-state index contributed by atoms with van der Waals surface area (Å²) >= 11 is 0. The monoisotopic (exact) mass is 271 g/mol.